The maximum Gasteiger partial charge on any atom is 0.254 e. The summed E-state index contributed by atoms with van der Waals surface area (Å²) in [6.07, 6.45) is 2.18. The van der Waals surface area contributed by atoms with Gasteiger partial charge in [0, 0.05) is 24.3 Å². The molecule has 1 aromatic carbocycles. The van der Waals surface area contributed by atoms with Gasteiger partial charge in [-0.3, -0.25) is 4.79 Å². The van der Waals surface area contributed by atoms with Crippen molar-refractivity contribution in [2.24, 2.45) is 0 Å². The molecule has 0 radical (unpaired) electrons. The van der Waals surface area contributed by atoms with E-state index >= 15 is 0 Å². The second-order valence-corrected chi connectivity index (χ2v) is 4.00. The molecular weight excluding hydrogens is 188 g/mol. The molecule has 0 spiro atoms. The Labute approximate surface area is 89.9 Å². The second-order valence-electron chi connectivity index (χ2n) is 4.00. The van der Waals surface area contributed by atoms with Crippen LogP contribution in [-0.4, -0.2) is 17.4 Å². The van der Waals surface area contributed by atoms with Crippen molar-refractivity contribution >= 4 is 11.6 Å². The number of carbonyl (C=O) groups excluding carboxylic acids is 1. The summed E-state index contributed by atoms with van der Waals surface area (Å²) in [5, 5.41) is 0. The van der Waals surface area contributed by atoms with E-state index in [1.54, 1.807) is 6.07 Å². The number of hydrogen-bond acceptors (Lipinski definition) is 2. The van der Waals surface area contributed by atoms with Crippen LogP contribution in [0.1, 0.15) is 35.7 Å². The molecular formula is C12H16N2O. The van der Waals surface area contributed by atoms with Crippen molar-refractivity contribution in [2.45, 2.75) is 26.3 Å². The molecule has 0 atom stereocenters. The largest absolute Gasteiger partial charge is 0.399 e. The molecule has 2 N–H and O–H groups in total. The van der Waals surface area contributed by atoms with Crippen LogP contribution >= 0.6 is 0 Å². The van der Waals surface area contributed by atoms with Gasteiger partial charge in [0.2, 0.25) is 0 Å². The van der Waals surface area contributed by atoms with Gasteiger partial charge >= 0.3 is 0 Å². The lowest BCUT2D eigenvalue weighted by molar-refractivity contribution is 0.0776. The molecule has 1 aliphatic heterocycles. The van der Waals surface area contributed by atoms with Crippen LogP contribution < -0.4 is 5.73 Å². The second kappa shape index (κ2) is 3.93. The lowest BCUT2D eigenvalue weighted by Gasteiger charge is -2.14. The summed E-state index contributed by atoms with van der Waals surface area (Å²) in [6.45, 7) is 3.73. The first-order chi connectivity index (χ1) is 7.22. The highest BCUT2D eigenvalue weighted by atomic mass is 16.2. The molecule has 80 valence electrons. The van der Waals surface area contributed by atoms with Gasteiger partial charge in [0.15, 0.2) is 0 Å². The molecule has 1 aliphatic rings. The summed E-state index contributed by atoms with van der Waals surface area (Å²) in [5.74, 6) is 0.130. The minimum Gasteiger partial charge on any atom is -0.399 e. The summed E-state index contributed by atoms with van der Waals surface area (Å²) in [6, 6.07) is 5.59. The van der Waals surface area contributed by atoms with E-state index in [1.807, 2.05) is 17.0 Å². The first-order valence-corrected chi connectivity index (χ1v) is 5.40. The zero-order chi connectivity index (χ0) is 10.8. The molecule has 3 heteroatoms. The molecule has 1 aromatic rings. The van der Waals surface area contributed by atoms with E-state index in [-0.39, 0.29) is 5.91 Å². The fourth-order valence-electron chi connectivity index (χ4n) is 1.91. The zero-order valence-electron chi connectivity index (χ0n) is 8.99. The number of carbonyl (C=O) groups is 1. The minimum atomic E-state index is 0.130. The number of nitrogens with zero attached hydrogens (tertiary/aromatic N) is 1. The van der Waals surface area contributed by atoms with Crippen LogP contribution in [0.25, 0.3) is 0 Å². The molecule has 0 unspecified atom stereocenters. The van der Waals surface area contributed by atoms with Crippen molar-refractivity contribution in [2.75, 3.05) is 12.3 Å². The standard InChI is InChI=1S/C12H16N2O/c1-2-3-6-14-8-9-4-5-10(13)7-11(9)12(14)15/h4-5,7H,2-3,6,8,13H2,1H3. The molecule has 15 heavy (non-hydrogen) atoms. The number of nitrogen functional groups attached to an aromatic ring is 1. The number of benzene rings is 1. The Balaban J connectivity index is 2.18. The normalized spacial score (nSPS) is 14.5. The van der Waals surface area contributed by atoms with E-state index in [0.717, 1.165) is 37.1 Å². The highest BCUT2D eigenvalue weighted by Crippen LogP contribution is 2.24. The predicted molar refractivity (Wildman–Crippen MR) is 60.5 cm³/mol. The van der Waals surface area contributed by atoms with Crippen LogP contribution in [-0.2, 0) is 6.54 Å². The summed E-state index contributed by atoms with van der Waals surface area (Å²) >= 11 is 0. The molecule has 0 bridgehead atoms. The van der Waals surface area contributed by atoms with Gasteiger partial charge < -0.3 is 10.6 Å². The average molecular weight is 204 g/mol. The third-order valence-electron chi connectivity index (χ3n) is 2.79. The van der Waals surface area contributed by atoms with Crippen molar-refractivity contribution < 1.29 is 4.79 Å². The fraction of sp³-hybridized carbons (Fsp3) is 0.417. The number of nitrogens with two attached hydrogens (primary N) is 1. The highest BCUT2D eigenvalue weighted by molar-refractivity contribution is 5.99. The Hall–Kier alpha value is -1.51. The van der Waals surface area contributed by atoms with Gasteiger partial charge in [-0.15, -0.1) is 0 Å². The third-order valence-corrected chi connectivity index (χ3v) is 2.79. The number of hydrogen-bond donors (Lipinski definition) is 1. The molecule has 3 nitrogen and oxygen atoms in total. The third kappa shape index (κ3) is 1.82. The predicted octanol–water partition coefficient (Wildman–Crippen LogP) is 2.02. The number of anilines is 1. The van der Waals surface area contributed by atoms with E-state index < -0.39 is 0 Å². The van der Waals surface area contributed by atoms with Gasteiger partial charge in [0.1, 0.15) is 0 Å². The van der Waals surface area contributed by atoms with Crippen LogP contribution in [0.4, 0.5) is 5.69 Å². The Morgan fingerprint density at radius 3 is 3.00 bits per heavy atom. The van der Waals surface area contributed by atoms with Crippen LogP contribution in [0.15, 0.2) is 18.2 Å². The molecule has 0 aliphatic carbocycles. The van der Waals surface area contributed by atoms with Gasteiger partial charge in [0.05, 0.1) is 0 Å². The van der Waals surface area contributed by atoms with Crippen LogP contribution in [0.3, 0.4) is 0 Å². The maximum absolute atomic E-state index is 11.9. The molecule has 2 rings (SSSR count). The summed E-state index contributed by atoms with van der Waals surface area (Å²) < 4.78 is 0. The smallest absolute Gasteiger partial charge is 0.254 e. The molecule has 0 fully saturated rings. The van der Waals surface area contributed by atoms with Crippen LogP contribution in [0.2, 0.25) is 0 Å². The van der Waals surface area contributed by atoms with Crippen molar-refractivity contribution in [1.29, 1.82) is 0 Å². The maximum atomic E-state index is 11.9. The fourth-order valence-corrected chi connectivity index (χ4v) is 1.91. The zero-order valence-corrected chi connectivity index (χ0v) is 8.99. The topological polar surface area (TPSA) is 46.3 Å². The van der Waals surface area contributed by atoms with Gasteiger partial charge in [0.25, 0.3) is 5.91 Å². The molecule has 1 amide bonds. The van der Waals surface area contributed by atoms with Gasteiger partial charge in [-0.2, -0.15) is 0 Å². The van der Waals surface area contributed by atoms with E-state index in [4.69, 9.17) is 5.73 Å². The SMILES string of the molecule is CCCCN1Cc2ccc(N)cc2C1=O. The highest BCUT2D eigenvalue weighted by Gasteiger charge is 2.26. The number of rotatable bonds is 3. The molecule has 1 heterocycles. The van der Waals surface area contributed by atoms with E-state index in [1.165, 1.54) is 0 Å². The van der Waals surface area contributed by atoms with Crippen molar-refractivity contribution in [3.8, 4) is 0 Å². The first kappa shape index (κ1) is 10.0. The van der Waals surface area contributed by atoms with Crippen molar-refractivity contribution in [3.63, 3.8) is 0 Å². The van der Waals surface area contributed by atoms with Gasteiger partial charge in [-0.05, 0) is 24.1 Å². The Morgan fingerprint density at radius 1 is 1.47 bits per heavy atom. The van der Waals surface area contributed by atoms with Gasteiger partial charge in [-0.1, -0.05) is 19.4 Å². The molecule has 0 aromatic heterocycles. The minimum absolute atomic E-state index is 0.130. The number of unbranched alkanes of at least 4 members (excludes halogenated alkanes) is 1. The average Bonchev–Trinajstić information content (AvgIpc) is 2.53. The Morgan fingerprint density at radius 2 is 2.27 bits per heavy atom. The lowest BCUT2D eigenvalue weighted by atomic mass is 10.1. The van der Waals surface area contributed by atoms with E-state index in [9.17, 15) is 4.79 Å². The van der Waals surface area contributed by atoms with Crippen molar-refractivity contribution in [1.82, 2.24) is 4.90 Å². The molecule has 0 saturated carbocycles. The lowest BCUT2D eigenvalue weighted by Crippen LogP contribution is -2.24. The monoisotopic (exact) mass is 204 g/mol. The number of fused-ring (bicyclic) bond motifs is 1. The Bertz CT molecular complexity index is 387. The van der Waals surface area contributed by atoms with Crippen LogP contribution in [0, 0.1) is 0 Å². The van der Waals surface area contributed by atoms with Crippen molar-refractivity contribution in [3.05, 3.63) is 29.3 Å². The quantitative estimate of drug-likeness (QED) is 0.766. The summed E-state index contributed by atoms with van der Waals surface area (Å²) in [7, 11) is 0. The number of amides is 1. The van der Waals surface area contributed by atoms with E-state index in [0.29, 0.717) is 5.69 Å². The van der Waals surface area contributed by atoms with E-state index in [2.05, 4.69) is 6.92 Å². The van der Waals surface area contributed by atoms with Gasteiger partial charge in [-0.25, -0.2) is 0 Å². The Kier molecular flexibility index (Phi) is 2.62. The summed E-state index contributed by atoms with van der Waals surface area (Å²) in [5.41, 5.74) is 8.22. The summed E-state index contributed by atoms with van der Waals surface area (Å²) in [4.78, 5) is 13.8. The first-order valence-electron chi connectivity index (χ1n) is 5.40. The molecule has 0 saturated heterocycles. The van der Waals surface area contributed by atoms with Crippen LogP contribution in [0.5, 0.6) is 0 Å².